The molecular formula is C29H46O3. The smallest absolute Gasteiger partial charge is 0.0811 e. The SMILES string of the molecule is C=C1/C(=C\C=C2/CCC[C@]3(C)[C@@H]([C@H](C)COC/C=C/C(C)(C)C)CC[C@@H]23)C[C@@H](O)C[C@@H]1O. The van der Waals surface area contributed by atoms with Crippen LogP contribution < -0.4 is 0 Å². The van der Waals surface area contributed by atoms with Crippen LogP contribution in [0.5, 0.6) is 0 Å². The normalized spacial score (nSPS) is 37.4. The monoisotopic (exact) mass is 442 g/mol. The Morgan fingerprint density at radius 3 is 2.69 bits per heavy atom. The lowest BCUT2D eigenvalue weighted by molar-refractivity contribution is 0.0429. The topological polar surface area (TPSA) is 49.7 Å². The molecule has 0 aromatic rings. The minimum Gasteiger partial charge on any atom is -0.393 e. The van der Waals surface area contributed by atoms with E-state index in [2.05, 4.69) is 65.5 Å². The number of aliphatic hydroxyl groups excluding tert-OH is 2. The zero-order chi connectivity index (χ0) is 23.5. The summed E-state index contributed by atoms with van der Waals surface area (Å²) >= 11 is 0. The maximum Gasteiger partial charge on any atom is 0.0811 e. The second-order valence-corrected chi connectivity index (χ2v) is 11.9. The summed E-state index contributed by atoms with van der Waals surface area (Å²) in [6.45, 7) is 17.1. The van der Waals surface area contributed by atoms with E-state index in [0.29, 0.717) is 42.6 Å². The van der Waals surface area contributed by atoms with Gasteiger partial charge in [0.2, 0.25) is 0 Å². The lowest BCUT2D eigenvalue weighted by Crippen LogP contribution is -2.37. The number of aliphatic hydroxyl groups is 2. The second kappa shape index (κ2) is 10.4. The molecule has 6 atom stereocenters. The van der Waals surface area contributed by atoms with Crippen molar-refractivity contribution in [1.82, 2.24) is 0 Å². The number of hydrogen-bond acceptors (Lipinski definition) is 3. The average Bonchev–Trinajstić information content (AvgIpc) is 3.06. The number of ether oxygens (including phenoxy) is 1. The van der Waals surface area contributed by atoms with Crippen molar-refractivity contribution in [1.29, 1.82) is 0 Å². The van der Waals surface area contributed by atoms with Gasteiger partial charge in [-0.25, -0.2) is 0 Å². The highest BCUT2D eigenvalue weighted by atomic mass is 16.5. The van der Waals surface area contributed by atoms with Gasteiger partial charge in [-0.3, -0.25) is 0 Å². The lowest BCUT2D eigenvalue weighted by Gasteiger charge is -2.44. The van der Waals surface area contributed by atoms with E-state index in [9.17, 15) is 10.2 Å². The highest BCUT2D eigenvalue weighted by Gasteiger charge is 2.50. The first-order valence-electron chi connectivity index (χ1n) is 12.7. The fraction of sp³-hybridized carbons (Fsp3) is 0.724. The van der Waals surface area contributed by atoms with Gasteiger partial charge in [-0.1, -0.05) is 71.1 Å². The molecule has 0 bridgehead atoms. The van der Waals surface area contributed by atoms with Crippen molar-refractivity contribution in [3.63, 3.8) is 0 Å². The Balaban J connectivity index is 1.64. The summed E-state index contributed by atoms with van der Waals surface area (Å²) in [5, 5.41) is 20.2. The van der Waals surface area contributed by atoms with E-state index in [1.54, 1.807) is 5.57 Å². The quantitative estimate of drug-likeness (QED) is 0.370. The van der Waals surface area contributed by atoms with Gasteiger partial charge in [0.15, 0.2) is 0 Å². The van der Waals surface area contributed by atoms with E-state index in [-0.39, 0.29) is 5.41 Å². The van der Waals surface area contributed by atoms with Gasteiger partial charge in [0.25, 0.3) is 0 Å². The molecule has 0 aliphatic heterocycles. The molecule has 3 heteroatoms. The fourth-order valence-electron chi connectivity index (χ4n) is 6.52. The Morgan fingerprint density at radius 1 is 1.22 bits per heavy atom. The maximum absolute atomic E-state index is 10.1. The molecule has 0 aromatic carbocycles. The van der Waals surface area contributed by atoms with Gasteiger partial charge in [-0.2, -0.15) is 0 Å². The van der Waals surface area contributed by atoms with Crippen LogP contribution in [0.4, 0.5) is 0 Å². The predicted molar refractivity (Wildman–Crippen MR) is 133 cm³/mol. The first kappa shape index (κ1) is 25.5. The summed E-state index contributed by atoms with van der Waals surface area (Å²) in [5.74, 6) is 1.89. The zero-order valence-electron chi connectivity index (χ0n) is 21.1. The predicted octanol–water partition coefficient (Wildman–Crippen LogP) is 6.38. The summed E-state index contributed by atoms with van der Waals surface area (Å²) in [5.41, 5.74) is 3.89. The molecule has 0 saturated heterocycles. The van der Waals surface area contributed by atoms with Crippen LogP contribution in [0.25, 0.3) is 0 Å². The number of fused-ring (bicyclic) bond motifs is 1. The van der Waals surface area contributed by atoms with Crippen molar-refractivity contribution < 1.29 is 14.9 Å². The fourth-order valence-corrected chi connectivity index (χ4v) is 6.52. The van der Waals surface area contributed by atoms with Crippen molar-refractivity contribution in [3.05, 3.63) is 47.6 Å². The van der Waals surface area contributed by atoms with E-state index in [1.807, 2.05) is 0 Å². The molecule has 0 amide bonds. The van der Waals surface area contributed by atoms with Crippen LogP contribution in [0, 0.1) is 28.6 Å². The third kappa shape index (κ3) is 6.04. The highest BCUT2D eigenvalue weighted by molar-refractivity contribution is 5.38. The van der Waals surface area contributed by atoms with Gasteiger partial charge in [0.1, 0.15) is 0 Å². The third-order valence-corrected chi connectivity index (χ3v) is 8.20. The minimum absolute atomic E-state index is 0.210. The molecule has 32 heavy (non-hydrogen) atoms. The third-order valence-electron chi connectivity index (χ3n) is 8.20. The van der Waals surface area contributed by atoms with Crippen molar-refractivity contribution in [2.75, 3.05) is 13.2 Å². The van der Waals surface area contributed by atoms with Gasteiger partial charge < -0.3 is 14.9 Å². The Hall–Kier alpha value is -1.16. The summed E-state index contributed by atoms with van der Waals surface area (Å²) in [6, 6.07) is 0. The van der Waals surface area contributed by atoms with Crippen molar-refractivity contribution >= 4 is 0 Å². The molecule has 3 aliphatic carbocycles. The standard InChI is InChI=1S/C29H46O3/c1-20(19-32-16-8-14-28(3,4)5)25-12-13-26-22(9-7-15-29(25,26)6)10-11-23-17-24(30)18-27(31)21(23)2/h8,10-11,14,20,24-27,30-31H,2,7,9,12-13,15-19H2,1,3-6H3/b14-8+,22-10+,23-11-/t20-,24-,25-,26+,27+,29-/m1/s1. The first-order valence-corrected chi connectivity index (χ1v) is 12.7. The van der Waals surface area contributed by atoms with Gasteiger partial charge in [0.05, 0.1) is 18.8 Å². The second-order valence-electron chi connectivity index (χ2n) is 11.9. The van der Waals surface area contributed by atoms with E-state index < -0.39 is 12.2 Å². The Labute approximate surface area is 196 Å². The van der Waals surface area contributed by atoms with Crippen molar-refractivity contribution in [2.24, 2.45) is 28.6 Å². The molecule has 0 radical (unpaired) electrons. The summed E-state index contributed by atoms with van der Waals surface area (Å²) < 4.78 is 6.05. The van der Waals surface area contributed by atoms with E-state index in [0.717, 1.165) is 24.2 Å². The van der Waals surface area contributed by atoms with Gasteiger partial charge in [-0.05, 0) is 78.3 Å². The molecular weight excluding hydrogens is 396 g/mol. The average molecular weight is 443 g/mol. The van der Waals surface area contributed by atoms with Crippen LogP contribution in [0.2, 0.25) is 0 Å². The molecule has 2 N–H and O–H groups in total. The van der Waals surface area contributed by atoms with Crippen LogP contribution in [-0.2, 0) is 4.74 Å². The molecule has 0 heterocycles. The van der Waals surface area contributed by atoms with Crippen LogP contribution in [0.3, 0.4) is 0 Å². The van der Waals surface area contributed by atoms with Crippen LogP contribution >= 0.6 is 0 Å². The summed E-state index contributed by atoms with van der Waals surface area (Å²) in [4.78, 5) is 0. The molecule has 0 spiro atoms. The van der Waals surface area contributed by atoms with Crippen molar-refractivity contribution in [2.45, 2.75) is 91.8 Å². The Morgan fingerprint density at radius 2 is 1.97 bits per heavy atom. The zero-order valence-corrected chi connectivity index (χ0v) is 21.1. The number of hydrogen-bond donors (Lipinski definition) is 2. The molecule has 3 fully saturated rings. The number of allylic oxidation sites excluding steroid dienone is 4. The lowest BCUT2D eigenvalue weighted by atomic mass is 9.61. The maximum atomic E-state index is 10.1. The largest absolute Gasteiger partial charge is 0.393 e. The Kier molecular flexibility index (Phi) is 8.28. The molecule has 3 nitrogen and oxygen atoms in total. The summed E-state index contributed by atoms with van der Waals surface area (Å²) in [6.07, 6.45) is 15.0. The molecule has 0 aromatic heterocycles. The summed E-state index contributed by atoms with van der Waals surface area (Å²) in [7, 11) is 0. The van der Waals surface area contributed by atoms with E-state index in [1.165, 1.54) is 25.7 Å². The molecule has 3 rings (SSSR count). The van der Waals surface area contributed by atoms with Gasteiger partial charge in [0, 0.05) is 13.0 Å². The number of rotatable bonds is 6. The van der Waals surface area contributed by atoms with Gasteiger partial charge in [-0.15, -0.1) is 0 Å². The Bertz CT molecular complexity index is 753. The van der Waals surface area contributed by atoms with E-state index in [4.69, 9.17) is 4.74 Å². The molecule has 180 valence electrons. The van der Waals surface area contributed by atoms with Crippen LogP contribution in [0.1, 0.15) is 79.6 Å². The van der Waals surface area contributed by atoms with Gasteiger partial charge >= 0.3 is 0 Å². The van der Waals surface area contributed by atoms with Crippen molar-refractivity contribution in [3.8, 4) is 0 Å². The first-order chi connectivity index (χ1) is 15.0. The highest BCUT2D eigenvalue weighted by Crippen LogP contribution is 2.59. The molecule has 0 unspecified atom stereocenters. The minimum atomic E-state index is -0.616. The van der Waals surface area contributed by atoms with Crippen LogP contribution in [0.15, 0.2) is 47.6 Å². The van der Waals surface area contributed by atoms with E-state index >= 15 is 0 Å². The molecule has 3 saturated carbocycles. The molecule has 3 aliphatic rings. The van der Waals surface area contributed by atoms with Crippen LogP contribution in [-0.4, -0.2) is 35.6 Å².